The molecule has 1 rings (SSSR count). The molecule has 0 aromatic carbocycles. The summed E-state index contributed by atoms with van der Waals surface area (Å²) in [6.07, 6.45) is 4.45. The molecule has 0 spiro atoms. The molecule has 0 aliphatic rings. The Bertz CT molecular complexity index is 163. The van der Waals surface area contributed by atoms with E-state index >= 15 is 0 Å². The molecule has 0 fully saturated rings. The maximum absolute atomic E-state index is 3.19. The Morgan fingerprint density at radius 3 is 2.80 bits per heavy atom. The van der Waals surface area contributed by atoms with Crippen molar-refractivity contribution in [1.29, 1.82) is 0 Å². The molecule has 0 atom stereocenters. The third-order valence-electron chi connectivity index (χ3n) is 1.65. The molecule has 0 saturated carbocycles. The van der Waals surface area contributed by atoms with Gasteiger partial charge in [0, 0.05) is 11.9 Å². The lowest BCUT2D eigenvalue weighted by Crippen LogP contribution is -1.91. The van der Waals surface area contributed by atoms with E-state index in [1.165, 1.54) is 18.5 Å². The summed E-state index contributed by atoms with van der Waals surface area (Å²) in [6, 6.07) is 4.19. The van der Waals surface area contributed by atoms with Crippen LogP contribution in [0.5, 0.6) is 0 Å². The van der Waals surface area contributed by atoms with Crippen molar-refractivity contribution in [3.63, 3.8) is 0 Å². The summed E-state index contributed by atoms with van der Waals surface area (Å²) in [7, 11) is 0. The highest BCUT2D eigenvalue weighted by Crippen LogP contribution is 2.05. The average molecular weight is 137 g/mol. The highest BCUT2D eigenvalue weighted by molar-refractivity contribution is 5.03. The van der Waals surface area contributed by atoms with Crippen LogP contribution in [-0.4, -0.2) is 4.98 Å². The van der Waals surface area contributed by atoms with E-state index < -0.39 is 0 Å². The van der Waals surface area contributed by atoms with Gasteiger partial charge >= 0.3 is 0 Å². The smallest absolute Gasteiger partial charge is 0.0147 e. The molecule has 1 aromatic rings. The summed E-state index contributed by atoms with van der Waals surface area (Å²) >= 11 is 0. The Hall–Kier alpha value is -0.720. The number of aryl methyl sites for hydroxylation is 1. The van der Waals surface area contributed by atoms with E-state index in [-0.39, 0.29) is 0 Å². The zero-order valence-corrected chi connectivity index (χ0v) is 6.72. The molecule has 0 bridgehead atoms. The zero-order chi connectivity index (χ0) is 7.40. The van der Waals surface area contributed by atoms with E-state index in [4.69, 9.17) is 0 Å². The molecule has 1 heterocycles. The maximum Gasteiger partial charge on any atom is 0.0147 e. The molecule has 0 aliphatic heterocycles. The van der Waals surface area contributed by atoms with Crippen LogP contribution in [0.2, 0.25) is 0 Å². The fourth-order valence-electron chi connectivity index (χ4n) is 0.967. The first-order chi connectivity index (χ1) is 4.79. The van der Waals surface area contributed by atoms with Gasteiger partial charge in [0.25, 0.3) is 0 Å². The van der Waals surface area contributed by atoms with Gasteiger partial charge in [-0.1, -0.05) is 13.8 Å². The maximum atomic E-state index is 3.19. The third kappa shape index (κ3) is 2.26. The lowest BCUT2D eigenvalue weighted by molar-refractivity contribution is 0.582. The molecule has 10 heavy (non-hydrogen) atoms. The summed E-state index contributed by atoms with van der Waals surface area (Å²) in [5.74, 6) is 0.809. The number of hydrogen-bond donors (Lipinski definition) is 1. The second-order valence-corrected chi connectivity index (χ2v) is 3.13. The molecule has 0 saturated heterocycles. The fourth-order valence-corrected chi connectivity index (χ4v) is 0.967. The topological polar surface area (TPSA) is 15.8 Å². The van der Waals surface area contributed by atoms with Gasteiger partial charge in [0.1, 0.15) is 0 Å². The first-order valence-electron chi connectivity index (χ1n) is 3.91. The zero-order valence-electron chi connectivity index (χ0n) is 6.72. The predicted octanol–water partition coefficient (Wildman–Crippen LogP) is 2.60. The van der Waals surface area contributed by atoms with Crippen molar-refractivity contribution in [2.24, 2.45) is 5.92 Å². The summed E-state index contributed by atoms with van der Waals surface area (Å²) < 4.78 is 0. The van der Waals surface area contributed by atoms with Crippen LogP contribution in [-0.2, 0) is 6.42 Å². The standard InChI is InChI=1S/C9H15N/c1-8(2)5-6-9-4-3-7-10-9/h3-4,7-8,10H,5-6H2,1-2H3. The van der Waals surface area contributed by atoms with E-state index in [1.54, 1.807) is 0 Å². The van der Waals surface area contributed by atoms with Gasteiger partial charge in [-0.25, -0.2) is 0 Å². The first-order valence-corrected chi connectivity index (χ1v) is 3.91. The van der Waals surface area contributed by atoms with Crippen LogP contribution in [0.4, 0.5) is 0 Å². The molecule has 0 radical (unpaired) electrons. The van der Waals surface area contributed by atoms with Crippen LogP contribution in [0.15, 0.2) is 18.3 Å². The van der Waals surface area contributed by atoms with E-state index in [9.17, 15) is 0 Å². The number of hydrogen-bond acceptors (Lipinski definition) is 0. The predicted molar refractivity (Wildman–Crippen MR) is 44.0 cm³/mol. The minimum Gasteiger partial charge on any atom is -0.365 e. The van der Waals surface area contributed by atoms with Crippen LogP contribution in [0.3, 0.4) is 0 Å². The van der Waals surface area contributed by atoms with Gasteiger partial charge in [-0.15, -0.1) is 0 Å². The average Bonchev–Trinajstić information content (AvgIpc) is 2.34. The molecule has 1 nitrogen and oxygen atoms in total. The molecule has 1 aromatic heterocycles. The van der Waals surface area contributed by atoms with Gasteiger partial charge in [-0.05, 0) is 30.9 Å². The summed E-state index contributed by atoms with van der Waals surface area (Å²) in [5.41, 5.74) is 1.36. The molecule has 0 amide bonds. The Kier molecular flexibility index (Phi) is 2.55. The van der Waals surface area contributed by atoms with Crippen molar-refractivity contribution < 1.29 is 0 Å². The van der Waals surface area contributed by atoms with Gasteiger partial charge in [0.2, 0.25) is 0 Å². The van der Waals surface area contributed by atoms with Gasteiger partial charge in [0.05, 0.1) is 0 Å². The van der Waals surface area contributed by atoms with E-state index in [0.717, 1.165) is 5.92 Å². The number of H-pyrrole nitrogens is 1. The lowest BCUT2D eigenvalue weighted by Gasteiger charge is -2.00. The molecule has 0 aliphatic carbocycles. The van der Waals surface area contributed by atoms with Gasteiger partial charge in [-0.2, -0.15) is 0 Å². The normalized spacial score (nSPS) is 10.7. The van der Waals surface area contributed by atoms with Crippen LogP contribution >= 0.6 is 0 Å². The molecule has 1 heteroatoms. The quantitative estimate of drug-likeness (QED) is 0.659. The minimum atomic E-state index is 0.809. The number of rotatable bonds is 3. The van der Waals surface area contributed by atoms with E-state index in [1.807, 2.05) is 6.20 Å². The van der Waals surface area contributed by atoms with Gasteiger partial charge < -0.3 is 4.98 Å². The van der Waals surface area contributed by atoms with E-state index in [2.05, 4.69) is 31.0 Å². The number of aromatic nitrogens is 1. The van der Waals surface area contributed by atoms with Crippen LogP contribution in [0.1, 0.15) is 26.0 Å². The third-order valence-corrected chi connectivity index (χ3v) is 1.65. The van der Waals surface area contributed by atoms with Crippen molar-refractivity contribution in [3.8, 4) is 0 Å². The molecule has 56 valence electrons. The lowest BCUT2D eigenvalue weighted by atomic mass is 10.1. The number of nitrogens with one attached hydrogen (secondary N) is 1. The van der Waals surface area contributed by atoms with Crippen LogP contribution in [0.25, 0.3) is 0 Å². The Morgan fingerprint density at radius 1 is 1.50 bits per heavy atom. The molecular weight excluding hydrogens is 122 g/mol. The van der Waals surface area contributed by atoms with Crippen LogP contribution < -0.4 is 0 Å². The van der Waals surface area contributed by atoms with Crippen molar-refractivity contribution in [1.82, 2.24) is 4.98 Å². The summed E-state index contributed by atoms with van der Waals surface area (Å²) in [4.78, 5) is 3.19. The molecular formula is C9H15N. The highest BCUT2D eigenvalue weighted by Gasteiger charge is 1.95. The van der Waals surface area contributed by atoms with Crippen molar-refractivity contribution in [3.05, 3.63) is 24.0 Å². The second-order valence-electron chi connectivity index (χ2n) is 3.13. The summed E-state index contributed by atoms with van der Waals surface area (Å²) in [6.45, 7) is 4.51. The Balaban J connectivity index is 2.28. The van der Waals surface area contributed by atoms with Crippen LogP contribution in [0, 0.1) is 5.92 Å². The Morgan fingerprint density at radius 2 is 2.30 bits per heavy atom. The summed E-state index contributed by atoms with van der Waals surface area (Å²) in [5, 5.41) is 0. The Labute approximate surface area is 62.5 Å². The SMILES string of the molecule is CC(C)CCc1ccc[nH]1. The second kappa shape index (κ2) is 3.45. The van der Waals surface area contributed by atoms with E-state index in [0.29, 0.717) is 0 Å². The molecule has 1 N–H and O–H groups in total. The monoisotopic (exact) mass is 137 g/mol. The first kappa shape index (κ1) is 7.39. The largest absolute Gasteiger partial charge is 0.365 e. The van der Waals surface area contributed by atoms with Gasteiger partial charge in [-0.3, -0.25) is 0 Å². The number of aromatic amines is 1. The van der Waals surface area contributed by atoms with Crippen molar-refractivity contribution in [2.75, 3.05) is 0 Å². The minimum absolute atomic E-state index is 0.809. The fraction of sp³-hybridized carbons (Fsp3) is 0.556. The van der Waals surface area contributed by atoms with Crippen molar-refractivity contribution >= 4 is 0 Å². The molecule has 0 unspecified atom stereocenters. The van der Waals surface area contributed by atoms with Crippen molar-refractivity contribution in [2.45, 2.75) is 26.7 Å². The highest BCUT2D eigenvalue weighted by atomic mass is 14.7. The van der Waals surface area contributed by atoms with Gasteiger partial charge in [0.15, 0.2) is 0 Å².